The molecule has 158 valence electrons. The summed E-state index contributed by atoms with van der Waals surface area (Å²) in [5, 5.41) is 15.3. The molecule has 1 amide bonds. The highest BCUT2D eigenvalue weighted by molar-refractivity contribution is 5.97. The van der Waals surface area contributed by atoms with Crippen LogP contribution in [0.15, 0.2) is 54.2 Å². The molecule has 0 aromatic heterocycles. The number of nitrogens with zero attached hydrogens (tertiary/aromatic N) is 1. The van der Waals surface area contributed by atoms with Crippen molar-refractivity contribution in [3.8, 4) is 17.6 Å². The van der Waals surface area contributed by atoms with Crippen LogP contribution >= 0.6 is 0 Å². The maximum absolute atomic E-state index is 12.4. The lowest BCUT2D eigenvalue weighted by Crippen LogP contribution is -2.27. The van der Waals surface area contributed by atoms with Gasteiger partial charge in [-0.2, -0.15) is 5.26 Å². The van der Waals surface area contributed by atoms with Gasteiger partial charge in [0.25, 0.3) is 5.91 Å². The molecule has 6 heteroatoms. The summed E-state index contributed by atoms with van der Waals surface area (Å²) in [7, 11) is 3.17. The molecule has 0 bridgehead atoms. The Bertz CT molecular complexity index is 932. The van der Waals surface area contributed by atoms with E-state index in [0.717, 1.165) is 23.2 Å². The molecular weight excluding hydrogens is 378 g/mol. The summed E-state index contributed by atoms with van der Waals surface area (Å²) in [4.78, 5) is 12.4. The largest absolute Gasteiger partial charge is 0.493 e. The predicted octanol–water partition coefficient (Wildman–Crippen LogP) is 4.40. The van der Waals surface area contributed by atoms with Crippen molar-refractivity contribution in [3.05, 3.63) is 65.4 Å². The van der Waals surface area contributed by atoms with E-state index < -0.39 is 5.91 Å². The zero-order valence-electron chi connectivity index (χ0n) is 18.0. The molecule has 0 aliphatic heterocycles. The third-order valence-electron chi connectivity index (χ3n) is 4.99. The Balaban J connectivity index is 1.98. The number of para-hydroxylation sites is 1. The fourth-order valence-electron chi connectivity index (χ4n) is 3.03. The van der Waals surface area contributed by atoms with Gasteiger partial charge in [0.15, 0.2) is 11.5 Å². The Labute approximate surface area is 178 Å². The number of amides is 1. The van der Waals surface area contributed by atoms with Crippen LogP contribution < -0.4 is 20.1 Å². The van der Waals surface area contributed by atoms with Crippen LogP contribution in [0.3, 0.4) is 0 Å². The zero-order valence-corrected chi connectivity index (χ0v) is 18.0. The topological polar surface area (TPSA) is 83.4 Å². The number of methoxy groups -OCH3 is 2. The van der Waals surface area contributed by atoms with Crippen LogP contribution in [0, 0.1) is 11.3 Å². The number of anilines is 1. The molecule has 2 rings (SSSR count). The maximum atomic E-state index is 12.4. The zero-order chi connectivity index (χ0) is 21.9. The number of benzene rings is 2. The van der Waals surface area contributed by atoms with Crippen LogP contribution in [0.5, 0.6) is 11.5 Å². The normalized spacial score (nSPS) is 11.9. The van der Waals surface area contributed by atoms with E-state index in [4.69, 9.17) is 9.47 Å². The molecule has 2 aromatic carbocycles. The van der Waals surface area contributed by atoms with Gasteiger partial charge < -0.3 is 20.1 Å². The molecule has 1 unspecified atom stereocenters. The summed E-state index contributed by atoms with van der Waals surface area (Å²) < 4.78 is 10.5. The lowest BCUT2D eigenvalue weighted by atomic mass is 9.97. The van der Waals surface area contributed by atoms with Gasteiger partial charge in [0.1, 0.15) is 11.6 Å². The highest BCUT2D eigenvalue weighted by Gasteiger charge is 2.11. The van der Waals surface area contributed by atoms with Gasteiger partial charge in [-0.05, 0) is 48.1 Å². The first-order valence-corrected chi connectivity index (χ1v) is 9.98. The van der Waals surface area contributed by atoms with Crippen LogP contribution in [0.2, 0.25) is 0 Å². The second kappa shape index (κ2) is 11.5. The van der Waals surface area contributed by atoms with Gasteiger partial charge in [-0.25, -0.2) is 0 Å². The van der Waals surface area contributed by atoms with Gasteiger partial charge in [0, 0.05) is 18.4 Å². The van der Waals surface area contributed by atoms with Crippen molar-refractivity contribution in [1.82, 2.24) is 5.32 Å². The molecular formula is C24H29N3O3. The number of hydrogen-bond acceptors (Lipinski definition) is 5. The highest BCUT2D eigenvalue weighted by Crippen LogP contribution is 2.28. The molecule has 0 fully saturated rings. The van der Waals surface area contributed by atoms with Crippen molar-refractivity contribution >= 4 is 11.6 Å². The van der Waals surface area contributed by atoms with Gasteiger partial charge in [-0.15, -0.1) is 0 Å². The van der Waals surface area contributed by atoms with Crippen molar-refractivity contribution < 1.29 is 14.3 Å². The molecule has 2 N–H and O–H groups in total. The average Bonchev–Trinajstić information content (AvgIpc) is 2.79. The van der Waals surface area contributed by atoms with Crippen molar-refractivity contribution in [2.45, 2.75) is 32.6 Å². The van der Waals surface area contributed by atoms with Crippen molar-refractivity contribution in [2.24, 2.45) is 0 Å². The van der Waals surface area contributed by atoms with Crippen molar-refractivity contribution in [2.75, 3.05) is 26.1 Å². The van der Waals surface area contributed by atoms with Crippen molar-refractivity contribution in [1.29, 1.82) is 5.26 Å². The Hall–Kier alpha value is -3.46. The summed E-state index contributed by atoms with van der Waals surface area (Å²) in [5.74, 6) is 1.27. The maximum Gasteiger partial charge on any atom is 0.263 e. The second-order valence-corrected chi connectivity index (χ2v) is 6.91. The van der Waals surface area contributed by atoms with E-state index in [9.17, 15) is 10.1 Å². The Morgan fingerprint density at radius 3 is 2.57 bits per heavy atom. The van der Waals surface area contributed by atoms with E-state index in [1.54, 1.807) is 14.2 Å². The summed E-state index contributed by atoms with van der Waals surface area (Å²) in [6, 6.07) is 15.5. The number of rotatable bonds is 10. The summed E-state index contributed by atoms with van der Waals surface area (Å²) in [6.45, 7) is 4.68. The molecule has 0 saturated carbocycles. The second-order valence-electron chi connectivity index (χ2n) is 6.91. The van der Waals surface area contributed by atoms with Crippen LogP contribution in [-0.4, -0.2) is 26.7 Å². The lowest BCUT2D eigenvalue weighted by molar-refractivity contribution is -0.117. The standard InChI is InChI=1S/C24H29N3O3/c1-5-17(2)20-8-6-7-9-21(20)27-16-19(15-25)24(28)26-13-12-18-10-11-22(29-3)23(14-18)30-4/h6-11,14,16-17,27H,5,12-13H2,1-4H3,(H,26,28)/b19-16-. The minimum absolute atomic E-state index is 0.0290. The summed E-state index contributed by atoms with van der Waals surface area (Å²) >= 11 is 0. The number of hydrogen-bond donors (Lipinski definition) is 2. The third-order valence-corrected chi connectivity index (χ3v) is 4.99. The number of nitrogens with one attached hydrogen (secondary N) is 2. The van der Waals surface area contributed by atoms with Crippen LogP contribution in [0.25, 0.3) is 0 Å². The number of carbonyl (C=O) groups is 1. The smallest absolute Gasteiger partial charge is 0.263 e. The predicted molar refractivity (Wildman–Crippen MR) is 119 cm³/mol. The number of carbonyl (C=O) groups excluding carboxylic acids is 1. The van der Waals surface area contributed by atoms with E-state index in [0.29, 0.717) is 30.4 Å². The first kappa shape index (κ1) is 22.8. The number of nitriles is 1. The van der Waals surface area contributed by atoms with Crippen LogP contribution in [0.4, 0.5) is 5.69 Å². The van der Waals surface area contributed by atoms with E-state index in [1.807, 2.05) is 42.5 Å². The minimum Gasteiger partial charge on any atom is -0.493 e. The SMILES string of the molecule is CCC(C)c1ccccc1N/C=C(/C#N)C(=O)NCCc1ccc(OC)c(OC)c1. The highest BCUT2D eigenvalue weighted by atomic mass is 16.5. The van der Waals surface area contributed by atoms with E-state index >= 15 is 0 Å². The van der Waals surface area contributed by atoms with Gasteiger partial charge in [0.2, 0.25) is 0 Å². The van der Waals surface area contributed by atoms with Gasteiger partial charge >= 0.3 is 0 Å². The third kappa shape index (κ3) is 6.02. The molecule has 0 aliphatic rings. The fraction of sp³-hybridized carbons (Fsp3) is 0.333. The number of ether oxygens (including phenoxy) is 2. The lowest BCUT2D eigenvalue weighted by Gasteiger charge is -2.14. The average molecular weight is 408 g/mol. The molecule has 0 heterocycles. The monoisotopic (exact) mass is 407 g/mol. The first-order valence-electron chi connectivity index (χ1n) is 9.98. The molecule has 1 atom stereocenters. The first-order chi connectivity index (χ1) is 14.5. The molecule has 0 aliphatic carbocycles. The Morgan fingerprint density at radius 1 is 1.17 bits per heavy atom. The Morgan fingerprint density at radius 2 is 1.90 bits per heavy atom. The van der Waals surface area contributed by atoms with Crippen LogP contribution in [0.1, 0.15) is 37.3 Å². The summed E-state index contributed by atoms with van der Waals surface area (Å²) in [6.07, 6.45) is 3.08. The molecule has 0 spiro atoms. The fourth-order valence-corrected chi connectivity index (χ4v) is 3.03. The molecule has 0 radical (unpaired) electrons. The molecule has 30 heavy (non-hydrogen) atoms. The Kier molecular flexibility index (Phi) is 8.76. The molecule has 6 nitrogen and oxygen atoms in total. The van der Waals surface area contributed by atoms with Crippen molar-refractivity contribution in [3.63, 3.8) is 0 Å². The quantitative estimate of drug-likeness (QED) is 0.451. The molecule has 2 aromatic rings. The van der Waals surface area contributed by atoms with Crippen LogP contribution in [-0.2, 0) is 11.2 Å². The van der Waals surface area contributed by atoms with E-state index in [-0.39, 0.29) is 5.57 Å². The molecule has 0 saturated heterocycles. The van der Waals surface area contributed by atoms with Gasteiger partial charge in [-0.1, -0.05) is 38.1 Å². The minimum atomic E-state index is -0.411. The summed E-state index contributed by atoms with van der Waals surface area (Å²) in [5.41, 5.74) is 3.08. The van der Waals surface area contributed by atoms with Gasteiger partial charge in [0.05, 0.1) is 14.2 Å². The van der Waals surface area contributed by atoms with E-state index in [1.165, 1.54) is 6.20 Å². The van der Waals surface area contributed by atoms with E-state index in [2.05, 4.69) is 30.5 Å². The van der Waals surface area contributed by atoms with Gasteiger partial charge in [-0.3, -0.25) is 4.79 Å².